The quantitative estimate of drug-likeness (QED) is 0.715. The van der Waals surface area contributed by atoms with Crippen LogP contribution in [0.25, 0.3) is 0 Å². The summed E-state index contributed by atoms with van der Waals surface area (Å²) in [5.41, 5.74) is 1.19. The van der Waals surface area contributed by atoms with Crippen molar-refractivity contribution < 1.29 is 9.26 Å². The number of nitrogens with zero attached hydrogens (tertiary/aromatic N) is 3. The van der Waals surface area contributed by atoms with Gasteiger partial charge in [-0.3, -0.25) is 0 Å². The summed E-state index contributed by atoms with van der Waals surface area (Å²) in [5, 5.41) is 7.09. The first-order chi connectivity index (χ1) is 8.40. The second-order valence-corrected chi connectivity index (χ2v) is 3.64. The lowest BCUT2D eigenvalue weighted by Crippen LogP contribution is -2.20. The second kappa shape index (κ2) is 6.17. The molecule has 92 valence electrons. The van der Waals surface area contributed by atoms with E-state index in [1.165, 1.54) is 12.1 Å². The molecular formula is C11H16N4O2. The van der Waals surface area contributed by atoms with Crippen molar-refractivity contribution in [3.8, 4) is 0 Å². The second-order valence-electron chi connectivity index (χ2n) is 3.64. The molecule has 0 aromatic carbocycles. The van der Waals surface area contributed by atoms with Gasteiger partial charge in [-0.2, -0.15) is 4.98 Å². The van der Waals surface area contributed by atoms with E-state index in [2.05, 4.69) is 26.1 Å². The van der Waals surface area contributed by atoms with Crippen LogP contribution in [0.4, 0.5) is 0 Å². The summed E-state index contributed by atoms with van der Waals surface area (Å²) in [5.74, 6) is 0.680. The van der Waals surface area contributed by atoms with Gasteiger partial charge < -0.3 is 19.1 Å². The Hall–Kier alpha value is -1.66. The summed E-state index contributed by atoms with van der Waals surface area (Å²) < 4.78 is 11.8. The summed E-state index contributed by atoms with van der Waals surface area (Å²) in [6, 6.07) is 4.08. The highest BCUT2D eigenvalue weighted by Crippen LogP contribution is 2.04. The largest absolute Gasteiger partial charge is 0.383 e. The van der Waals surface area contributed by atoms with Gasteiger partial charge in [0.25, 0.3) is 0 Å². The fourth-order valence-corrected chi connectivity index (χ4v) is 1.57. The van der Waals surface area contributed by atoms with E-state index < -0.39 is 0 Å². The van der Waals surface area contributed by atoms with Crippen LogP contribution in [0.5, 0.6) is 0 Å². The van der Waals surface area contributed by atoms with Gasteiger partial charge in [0.05, 0.1) is 13.2 Å². The summed E-state index contributed by atoms with van der Waals surface area (Å²) in [4.78, 5) is 4.00. The number of methoxy groups -OCH3 is 1. The van der Waals surface area contributed by atoms with Crippen molar-refractivity contribution in [2.24, 2.45) is 0 Å². The molecule has 0 bridgehead atoms. The molecule has 2 aromatic heterocycles. The third-order valence-electron chi connectivity index (χ3n) is 2.43. The first kappa shape index (κ1) is 11.8. The Bertz CT molecular complexity index is 424. The molecule has 0 fully saturated rings. The zero-order chi connectivity index (χ0) is 11.9. The van der Waals surface area contributed by atoms with Crippen molar-refractivity contribution in [1.29, 1.82) is 0 Å². The molecule has 2 rings (SSSR count). The Labute approximate surface area is 99.6 Å². The number of rotatable bonds is 7. The lowest BCUT2D eigenvalue weighted by atomic mass is 10.4. The molecule has 2 aromatic rings. The van der Waals surface area contributed by atoms with Gasteiger partial charge in [0.15, 0.2) is 5.82 Å². The molecule has 0 unspecified atom stereocenters. The fourth-order valence-electron chi connectivity index (χ4n) is 1.57. The average molecular weight is 236 g/mol. The SMILES string of the molecule is COCCNCc1cccn1Cc1ncon1. The zero-order valence-corrected chi connectivity index (χ0v) is 9.80. The number of hydrogen-bond acceptors (Lipinski definition) is 5. The molecule has 2 heterocycles. The van der Waals surface area contributed by atoms with Gasteiger partial charge >= 0.3 is 0 Å². The van der Waals surface area contributed by atoms with Crippen LogP contribution in [0.1, 0.15) is 11.5 Å². The van der Waals surface area contributed by atoms with Gasteiger partial charge in [-0.15, -0.1) is 0 Å². The highest BCUT2D eigenvalue weighted by Gasteiger charge is 2.04. The molecule has 0 saturated carbocycles. The minimum atomic E-state index is 0.630. The van der Waals surface area contributed by atoms with Gasteiger partial charge in [-0.1, -0.05) is 5.16 Å². The van der Waals surface area contributed by atoms with Crippen molar-refractivity contribution in [1.82, 2.24) is 20.0 Å². The Morgan fingerprint density at radius 2 is 2.47 bits per heavy atom. The first-order valence-corrected chi connectivity index (χ1v) is 5.49. The molecule has 0 amide bonds. The zero-order valence-electron chi connectivity index (χ0n) is 9.80. The molecule has 0 aliphatic heterocycles. The van der Waals surface area contributed by atoms with Crippen LogP contribution >= 0.6 is 0 Å². The van der Waals surface area contributed by atoms with E-state index in [-0.39, 0.29) is 0 Å². The Balaban J connectivity index is 1.88. The van der Waals surface area contributed by atoms with Crippen LogP contribution in [-0.2, 0) is 17.8 Å². The van der Waals surface area contributed by atoms with Crippen molar-refractivity contribution in [3.05, 3.63) is 36.2 Å². The topological polar surface area (TPSA) is 65.1 Å². The van der Waals surface area contributed by atoms with Crippen molar-refractivity contribution in [2.75, 3.05) is 20.3 Å². The maximum absolute atomic E-state index is 4.98. The highest BCUT2D eigenvalue weighted by molar-refractivity contribution is 5.08. The molecule has 1 N–H and O–H groups in total. The highest BCUT2D eigenvalue weighted by atomic mass is 16.5. The monoisotopic (exact) mass is 236 g/mol. The Morgan fingerprint density at radius 3 is 3.24 bits per heavy atom. The molecule has 17 heavy (non-hydrogen) atoms. The van der Waals surface area contributed by atoms with Crippen molar-refractivity contribution >= 4 is 0 Å². The summed E-state index contributed by atoms with van der Waals surface area (Å²) in [6.45, 7) is 2.98. The van der Waals surface area contributed by atoms with E-state index in [4.69, 9.17) is 9.26 Å². The van der Waals surface area contributed by atoms with Crippen LogP contribution < -0.4 is 5.32 Å². The molecular weight excluding hydrogens is 220 g/mol. The summed E-state index contributed by atoms with van der Waals surface area (Å²) in [6.07, 6.45) is 3.35. The van der Waals surface area contributed by atoms with Crippen LogP contribution in [0.2, 0.25) is 0 Å². The van der Waals surface area contributed by atoms with Gasteiger partial charge in [0.2, 0.25) is 6.39 Å². The van der Waals surface area contributed by atoms with Gasteiger partial charge in [-0.25, -0.2) is 0 Å². The van der Waals surface area contributed by atoms with E-state index >= 15 is 0 Å². The average Bonchev–Trinajstić information content (AvgIpc) is 2.97. The normalized spacial score (nSPS) is 10.9. The predicted octanol–water partition coefficient (Wildman–Crippen LogP) is 0.655. The molecule has 0 radical (unpaired) electrons. The van der Waals surface area contributed by atoms with Gasteiger partial charge in [0.1, 0.15) is 0 Å². The van der Waals surface area contributed by atoms with Crippen LogP contribution in [0.3, 0.4) is 0 Å². The molecule has 0 aliphatic carbocycles. The third kappa shape index (κ3) is 3.40. The Morgan fingerprint density at radius 1 is 1.53 bits per heavy atom. The van der Waals surface area contributed by atoms with E-state index in [1.54, 1.807) is 7.11 Å². The molecule has 6 nitrogen and oxygen atoms in total. The molecule has 0 spiro atoms. The van der Waals surface area contributed by atoms with E-state index in [0.29, 0.717) is 19.0 Å². The number of nitrogens with one attached hydrogen (secondary N) is 1. The van der Waals surface area contributed by atoms with Crippen LogP contribution in [0, 0.1) is 0 Å². The first-order valence-electron chi connectivity index (χ1n) is 5.49. The minimum absolute atomic E-state index is 0.630. The molecule has 6 heteroatoms. The van der Waals surface area contributed by atoms with Crippen molar-refractivity contribution in [3.63, 3.8) is 0 Å². The molecule has 0 saturated heterocycles. The standard InChI is InChI=1S/C11H16N4O2/c1-16-6-4-12-7-10-3-2-5-15(10)8-11-13-9-17-14-11/h2-3,5,9,12H,4,6-8H2,1H3. The van der Waals surface area contributed by atoms with E-state index in [9.17, 15) is 0 Å². The Kier molecular flexibility index (Phi) is 4.29. The van der Waals surface area contributed by atoms with Gasteiger partial charge in [-0.05, 0) is 12.1 Å². The molecule has 0 aliphatic rings. The van der Waals surface area contributed by atoms with E-state index in [0.717, 1.165) is 13.1 Å². The minimum Gasteiger partial charge on any atom is -0.383 e. The smallest absolute Gasteiger partial charge is 0.213 e. The van der Waals surface area contributed by atoms with Crippen LogP contribution in [-0.4, -0.2) is 35.0 Å². The molecule has 0 atom stereocenters. The number of ether oxygens (including phenoxy) is 1. The fraction of sp³-hybridized carbons (Fsp3) is 0.455. The number of aromatic nitrogens is 3. The van der Waals surface area contributed by atoms with E-state index in [1.807, 2.05) is 12.3 Å². The number of hydrogen-bond donors (Lipinski definition) is 1. The lowest BCUT2D eigenvalue weighted by Gasteiger charge is -2.08. The summed E-state index contributed by atoms with van der Waals surface area (Å²) in [7, 11) is 1.70. The van der Waals surface area contributed by atoms with Gasteiger partial charge in [0, 0.05) is 32.1 Å². The predicted molar refractivity (Wildman–Crippen MR) is 61.4 cm³/mol. The summed E-state index contributed by atoms with van der Waals surface area (Å²) >= 11 is 0. The lowest BCUT2D eigenvalue weighted by molar-refractivity contribution is 0.199. The maximum Gasteiger partial charge on any atom is 0.213 e. The maximum atomic E-state index is 4.98. The third-order valence-corrected chi connectivity index (χ3v) is 2.43. The van der Waals surface area contributed by atoms with Crippen molar-refractivity contribution in [2.45, 2.75) is 13.1 Å². The van der Waals surface area contributed by atoms with Crippen LogP contribution in [0.15, 0.2) is 29.2 Å².